The number of carbonyl (C=O) groups is 2. The minimum absolute atomic E-state index is 0.286. The van der Waals surface area contributed by atoms with Gasteiger partial charge in [0.15, 0.2) is 0 Å². The fourth-order valence-corrected chi connectivity index (χ4v) is 2.33. The van der Waals surface area contributed by atoms with Gasteiger partial charge < -0.3 is 15.5 Å². The third kappa shape index (κ3) is 3.46. The van der Waals surface area contributed by atoms with Crippen LogP contribution in [0.5, 0.6) is 0 Å². The van der Waals surface area contributed by atoms with Gasteiger partial charge in [0.2, 0.25) is 0 Å². The molecule has 1 atom stereocenters. The summed E-state index contributed by atoms with van der Waals surface area (Å²) in [5, 5.41) is 5.07. The van der Waals surface area contributed by atoms with Gasteiger partial charge in [-0.3, -0.25) is 4.79 Å². The lowest BCUT2D eigenvalue weighted by Crippen LogP contribution is -2.46. The molecule has 0 spiro atoms. The minimum atomic E-state index is -4.44. The molecule has 1 aromatic rings. The number of urea groups is 1. The van der Waals surface area contributed by atoms with Crippen LogP contribution in [-0.4, -0.2) is 30.9 Å². The molecule has 0 unspecified atom stereocenters. The van der Waals surface area contributed by atoms with E-state index in [2.05, 4.69) is 10.6 Å². The summed E-state index contributed by atoms with van der Waals surface area (Å²) < 4.78 is 37.9. The molecule has 0 fully saturated rings. The molecule has 3 amide bonds. The van der Waals surface area contributed by atoms with Crippen molar-refractivity contribution in [3.8, 4) is 0 Å². The number of carbonyl (C=O) groups excluding carboxylic acids is 2. The molecule has 23 heavy (non-hydrogen) atoms. The van der Waals surface area contributed by atoms with Crippen molar-refractivity contribution in [1.29, 1.82) is 0 Å². The van der Waals surface area contributed by atoms with Gasteiger partial charge in [0, 0.05) is 19.8 Å². The molecule has 0 aliphatic carbocycles. The van der Waals surface area contributed by atoms with E-state index in [0.29, 0.717) is 11.3 Å². The van der Waals surface area contributed by atoms with Crippen molar-refractivity contribution in [1.82, 2.24) is 15.5 Å². The van der Waals surface area contributed by atoms with Crippen molar-refractivity contribution in [2.75, 3.05) is 14.1 Å². The summed E-state index contributed by atoms with van der Waals surface area (Å²) in [6.45, 7) is 1.58. The zero-order valence-corrected chi connectivity index (χ0v) is 12.8. The van der Waals surface area contributed by atoms with E-state index in [1.54, 1.807) is 21.0 Å². The van der Waals surface area contributed by atoms with Crippen LogP contribution < -0.4 is 10.6 Å². The predicted molar refractivity (Wildman–Crippen MR) is 77.2 cm³/mol. The van der Waals surface area contributed by atoms with E-state index >= 15 is 0 Å². The first-order valence-electron chi connectivity index (χ1n) is 6.78. The number of alkyl halides is 3. The number of hydrogen-bond donors (Lipinski definition) is 2. The highest BCUT2D eigenvalue weighted by atomic mass is 19.4. The Kier molecular flexibility index (Phi) is 4.35. The lowest BCUT2D eigenvalue weighted by Gasteiger charge is -2.30. The number of likely N-dealkylation sites (N-methyl/N-ethyl adjacent to an activating group) is 1. The second-order valence-corrected chi connectivity index (χ2v) is 5.39. The van der Waals surface area contributed by atoms with Gasteiger partial charge in [-0.25, -0.2) is 4.79 Å². The third-order valence-electron chi connectivity index (χ3n) is 3.48. The molecule has 2 rings (SSSR count). The molecule has 8 heteroatoms. The Balaban J connectivity index is 2.44. The standard InChI is InChI=1S/C15H16F3N3O2/c1-8-11(13(22)21(2)3)12(20-14(23)19-8)9-4-6-10(7-5-9)15(16,17)18/h4-7,12H,1-3H3,(H2,19,20,23)/t12-/m1/s1. The lowest BCUT2D eigenvalue weighted by molar-refractivity contribution is -0.137. The smallest absolute Gasteiger partial charge is 0.345 e. The molecule has 1 aliphatic rings. The fraction of sp³-hybridized carbons (Fsp3) is 0.333. The average Bonchev–Trinajstić information content (AvgIpc) is 2.45. The Morgan fingerprint density at radius 3 is 2.22 bits per heavy atom. The van der Waals surface area contributed by atoms with E-state index in [9.17, 15) is 22.8 Å². The van der Waals surface area contributed by atoms with Gasteiger partial charge in [-0.2, -0.15) is 13.2 Å². The summed E-state index contributed by atoms with van der Waals surface area (Å²) in [5.74, 6) is -0.333. The highest BCUT2D eigenvalue weighted by molar-refractivity contribution is 5.98. The number of allylic oxidation sites excluding steroid dienone is 1. The zero-order chi connectivity index (χ0) is 17.4. The summed E-state index contributed by atoms with van der Waals surface area (Å²) >= 11 is 0. The Hall–Kier alpha value is -2.51. The number of halogens is 3. The maximum atomic E-state index is 12.6. The quantitative estimate of drug-likeness (QED) is 0.876. The van der Waals surface area contributed by atoms with Crippen LogP contribution >= 0.6 is 0 Å². The average molecular weight is 327 g/mol. The van der Waals surface area contributed by atoms with E-state index < -0.39 is 23.8 Å². The normalized spacial score (nSPS) is 18.3. The van der Waals surface area contributed by atoms with Gasteiger partial charge in [-0.1, -0.05) is 12.1 Å². The van der Waals surface area contributed by atoms with Crippen LogP contribution in [0.3, 0.4) is 0 Å². The molecule has 1 heterocycles. The number of benzene rings is 1. The minimum Gasteiger partial charge on any atom is -0.345 e. The molecular formula is C15H16F3N3O2. The second-order valence-electron chi connectivity index (χ2n) is 5.39. The van der Waals surface area contributed by atoms with E-state index in [1.807, 2.05) is 0 Å². The number of hydrogen-bond acceptors (Lipinski definition) is 2. The SMILES string of the molecule is CC1=C(C(=O)N(C)C)[C@@H](c2ccc(C(F)(F)F)cc2)NC(=O)N1. The molecule has 0 saturated carbocycles. The van der Waals surface area contributed by atoms with Crippen LogP contribution in [-0.2, 0) is 11.0 Å². The van der Waals surface area contributed by atoms with Crippen LogP contribution in [0.15, 0.2) is 35.5 Å². The number of amides is 3. The maximum absolute atomic E-state index is 12.6. The molecule has 0 bridgehead atoms. The van der Waals surface area contributed by atoms with Crippen LogP contribution in [0.25, 0.3) is 0 Å². The van der Waals surface area contributed by atoms with Crippen LogP contribution in [0.1, 0.15) is 24.1 Å². The zero-order valence-electron chi connectivity index (χ0n) is 12.8. The first-order valence-corrected chi connectivity index (χ1v) is 6.78. The monoisotopic (exact) mass is 327 g/mol. The van der Waals surface area contributed by atoms with Gasteiger partial charge in [0.05, 0.1) is 17.2 Å². The first-order chi connectivity index (χ1) is 10.6. The number of nitrogens with zero attached hydrogens (tertiary/aromatic N) is 1. The van der Waals surface area contributed by atoms with E-state index in [0.717, 1.165) is 12.1 Å². The van der Waals surface area contributed by atoms with Gasteiger partial charge in [-0.05, 0) is 24.6 Å². The highest BCUT2D eigenvalue weighted by Gasteiger charge is 2.34. The summed E-state index contributed by atoms with van der Waals surface area (Å²) in [4.78, 5) is 25.3. The highest BCUT2D eigenvalue weighted by Crippen LogP contribution is 2.32. The molecular weight excluding hydrogens is 311 g/mol. The van der Waals surface area contributed by atoms with Gasteiger partial charge in [-0.15, -0.1) is 0 Å². The van der Waals surface area contributed by atoms with Crippen molar-refractivity contribution in [2.24, 2.45) is 0 Å². The topological polar surface area (TPSA) is 61.4 Å². The van der Waals surface area contributed by atoms with Gasteiger partial charge in [0.25, 0.3) is 5.91 Å². The third-order valence-corrected chi connectivity index (χ3v) is 3.48. The van der Waals surface area contributed by atoms with Crippen LogP contribution in [0, 0.1) is 0 Å². The van der Waals surface area contributed by atoms with Gasteiger partial charge in [0.1, 0.15) is 0 Å². The molecule has 1 aromatic carbocycles. The Labute approximate surface area is 131 Å². The summed E-state index contributed by atoms with van der Waals surface area (Å²) in [6, 6.07) is 3.06. The van der Waals surface area contributed by atoms with Gasteiger partial charge >= 0.3 is 12.2 Å². The Bertz CT molecular complexity index is 664. The van der Waals surface area contributed by atoms with Crippen LogP contribution in [0.2, 0.25) is 0 Å². The first kappa shape index (κ1) is 16.9. The summed E-state index contributed by atoms with van der Waals surface area (Å²) in [7, 11) is 3.12. The van der Waals surface area contributed by atoms with Crippen molar-refractivity contribution < 1.29 is 22.8 Å². The molecule has 0 radical (unpaired) electrons. The molecule has 0 aromatic heterocycles. The molecule has 2 N–H and O–H groups in total. The van der Waals surface area contributed by atoms with Crippen LogP contribution in [0.4, 0.5) is 18.0 Å². The Morgan fingerprint density at radius 1 is 1.17 bits per heavy atom. The number of rotatable bonds is 2. The Morgan fingerprint density at radius 2 is 1.74 bits per heavy atom. The predicted octanol–water partition coefficient (Wildman–Crippen LogP) is 2.42. The second kappa shape index (κ2) is 5.94. The largest absolute Gasteiger partial charge is 0.416 e. The van der Waals surface area contributed by atoms with Crippen molar-refractivity contribution >= 4 is 11.9 Å². The molecule has 5 nitrogen and oxygen atoms in total. The van der Waals surface area contributed by atoms with Crippen molar-refractivity contribution in [2.45, 2.75) is 19.1 Å². The summed E-state index contributed by atoms with van der Waals surface area (Å²) in [5.41, 5.74) is 0.270. The summed E-state index contributed by atoms with van der Waals surface area (Å²) in [6.07, 6.45) is -4.44. The maximum Gasteiger partial charge on any atom is 0.416 e. The molecule has 1 aliphatic heterocycles. The molecule has 124 valence electrons. The number of nitrogens with one attached hydrogen (secondary N) is 2. The van der Waals surface area contributed by atoms with E-state index in [1.165, 1.54) is 17.0 Å². The fourth-order valence-electron chi connectivity index (χ4n) is 2.33. The lowest BCUT2D eigenvalue weighted by atomic mass is 9.94. The molecule has 0 saturated heterocycles. The van der Waals surface area contributed by atoms with Crippen molar-refractivity contribution in [3.05, 3.63) is 46.7 Å². The van der Waals surface area contributed by atoms with Crippen molar-refractivity contribution in [3.63, 3.8) is 0 Å². The van der Waals surface area contributed by atoms with E-state index in [4.69, 9.17) is 0 Å². The van der Waals surface area contributed by atoms with E-state index in [-0.39, 0.29) is 11.5 Å².